The first-order chi connectivity index (χ1) is 8.95. The Kier molecular flexibility index (Phi) is 6.68. The summed E-state index contributed by atoms with van der Waals surface area (Å²) in [6.45, 7) is 6.57. The van der Waals surface area contributed by atoms with Crippen molar-refractivity contribution in [2.24, 2.45) is 11.8 Å². The maximum Gasteiger partial charge on any atom is 0.152 e. The lowest BCUT2D eigenvalue weighted by Crippen LogP contribution is -2.31. The summed E-state index contributed by atoms with van der Waals surface area (Å²) >= 11 is -1.81. The molecule has 0 spiro atoms. The maximum atomic E-state index is 11.9. The van der Waals surface area contributed by atoms with Gasteiger partial charge in [0.2, 0.25) is 0 Å². The van der Waals surface area contributed by atoms with Gasteiger partial charge in [-0.25, -0.2) is 8.60 Å². The van der Waals surface area contributed by atoms with Crippen LogP contribution in [0.4, 0.5) is 4.39 Å². The van der Waals surface area contributed by atoms with E-state index in [4.69, 9.17) is 4.55 Å². The van der Waals surface area contributed by atoms with Crippen molar-refractivity contribution in [2.45, 2.75) is 32.4 Å². The summed E-state index contributed by atoms with van der Waals surface area (Å²) in [6, 6.07) is 0. The normalized spacial score (nSPS) is 27.2. The smallest absolute Gasteiger partial charge is 0.152 e. The van der Waals surface area contributed by atoms with Crippen LogP contribution >= 0.6 is 0 Å². The second-order valence-corrected chi connectivity index (χ2v) is 6.13. The molecular formula is C13H22FNO3S. The van der Waals surface area contributed by atoms with E-state index in [1.807, 2.05) is 11.8 Å². The summed E-state index contributed by atoms with van der Waals surface area (Å²) in [5.41, 5.74) is 0.814. The van der Waals surface area contributed by atoms with E-state index in [0.717, 1.165) is 5.70 Å². The first-order valence-corrected chi connectivity index (χ1v) is 7.69. The molecule has 0 aromatic rings. The third kappa shape index (κ3) is 5.04. The molecule has 0 bridgehead atoms. The Bertz CT molecular complexity index is 362. The largest absolute Gasteiger partial charge is 0.374 e. The van der Waals surface area contributed by atoms with Gasteiger partial charge in [-0.2, -0.15) is 0 Å². The number of aliphatic hydroxyl groups excluding tert-OH is 1. The molecule has 0 radical (unpaired) electrons. The third-order valence-electron chi connectivity index (χ3n) is 3.47. The number of rotatable bonds is 7. The van der Waals surface area contributed by atoms with E-state index in [0.29, 0.717) is 32.1 Å². The number of halogens is 1. The zero-order valence-electron chi connectivity index (χ0n) is 11.2. The Labute approximate surface area is 116 Å². The molecule has 1 aliphatic heterocycles. The molecule has 0 aromatic heterocycles. The quantitative estimate of drug-likeness (QED) is 0.706. The Morgan fingerprint density at radius 1 is 1.68 bits per heavy atom. The van der Waals surface area contributed by atoms with E-state index in [9.17, 15) is 13.7 Å². The number of likely N-dealkylation sites (tertiary alicyclic amines) is 1. The lowest BCUT2D eigenvalue weighted by Gasteiger charge is -2.27. The molecule has 0 saturated carbocycles. The van der Waals surface area contributed by atoms with Crippen molar-refractivity contribution < 1.29 is 18.3 Å². The zero-order chi connectivity index (χ0) is 14.4. The lowest BCUT2D eigenvalue weighted by molar-refractivity contribution is 0.0435. The number of nitrogens with zero attached hydrogens (tertiary/aromatic N) is 1. The molecule has 1 rings (SSSR count). The van der Waals surface area contributed by atoms with Crippen molar-refractivity contribution in [2.75, 3.05) is 12.3 Å². The van der Waals surface area contributed by atoms with E-state index in [1.54, 1.807) is 0 Å². The molecule has 0 aromatic carbocycles. The Hall–Kier alpha value is -0.720. The van der Waals surface area contributed by atoms with Crippen LogP contribution < -0.4 is 0 Å². The first-order valence-electron chi connectivity index (χ1n) is 6.41. The maximum absolute atomic E-state index is 11.9. The molecule has 1 aliphatic rings. The van der Waals surface area contributed by atoms with Gasteiger partial charge in [-0.1, -0.05) is 19.6 Å². The van der Waals surface area contributed by atoms with Crippen LogP contribution in [0.3, 0.4) is 0 Å². The lowest BCUT2D eigenvalue weighted by atomic mass is 10.0. The molecule has 4 atom stereocenters. The van der Waals surface area contributed by atoms with Crippen molar-refractivity contribution in [1.29, 1.82) is 0 Å². The van der Waals surface area contributed by atoms with Crippen LogP contribution in [0.5, 0.6) is 0 Å². The van der Waals surface area contributed by atoms with Crippen molar-refractivity contribution in [3.05, 3.63) is 24.7 Å². The fourth-order valence-electron chi connectivity index (χ4n) is 2.40. The Morgan fingerprint density at radius 2 is 2.37 bits per heavy atom. The Balaban J connectivity index is 2.50. The van der Waals surface area contributed by atoms with Crippen LogP contribution in [0.15, 0.2) is 24.7 Å². The molecule has 2 N–H and O–H groups in total. The highest BCUT2D eigenvalue weighted by Gasteiger charge is 2.33. The van der Waals surface area contributed by atoms with Crippen molar-refractivity contribution >= 4 is 11.1 Å². The molecule has 1 fully saturated rings. The number of hydrogen-bond donors (Lipinski definition) is 2. The molecule has 4 unspecified atom stereocenters. The van der Waals surface area contributed by atoms with E-state index < -0.39 is 17.3 Å². The molecule has 19 heavy (non-hydrogen) atoms. The summed E-state index contributed by atoms with van der Waals surface area (Å²) in [7, 11) is 0. The molecule has 1 heterocycles. The van der Waals surface area contributed by atoms with Crippen LogP contribution in [-0.2, 0) is 11.1 Å². The highest BCUT2D eigenvalue weighted by Crippen LogP contribution is 2.34. The predicted octanol–water partition coefficient (Wildman–Crippen LogP) is 2.26. The van der Waals surface area contributed by atoms with Gasteiger partial charge >= 0.3 is 0 Å². The zero-order valence-corrected chi connectivity index (χ0v) is 12.0. The fourth-order valence-corrected chi connectivity index (χ4v) is 2.89. The van der Waals surface area contributed by atoms with Gasteiger partial charge in [0, 0.05) is 30.3 Å². The summed E-state index contributed by atoms with van der Waals surface area (Å²) in [4.78, 5) is 1.82. The van der Waals surface area contributed by atoms with Crippen LogP contribution in [0.2, 0.25) is 0 Å². The monoisotopic (exact) mass is 291 g/mol. The summed E-state index contributed by atoms with van der Waals surface area (Å²) in [5, 5.41) is 10.0. The predicted molar refractivity (Wildman–Crippen MR) is 74.2 cm³/mol. The van der Waals surface area contributed by atoms with Gasteiger partial charge < -0.3 is 14.6 Å². The molecule has 0 aliphatic carbocycles. The average Bonchev–Trinajstić information content (AvgIpc) is 2.61. The molecule has 0 amide bonds. The molecule has 110 valence electrons. The summed E-state index contributed by atoms with van der Waals surface area (Å²) in [5.74, 6) is 0.462. The minimum absolute atomic E-state index is 0.0509. The highest BCUT2D eigenvalue weighted by molar-refractivity contribution is 7.79. The molecular weight excluding hydrogens is 269 g/mol. The number of hydrogen-bond acceptors (Lipinski definition) is 3. The number of aliphatic hydroxyl groups is 1. The van der Waals surface area contributed by atoms with E-state index in [1.165, 1.54) is 6.08 Å². The standard InChI is InChI=1S/C13H22FNO3S/c1-10(4-3-6-14)9-15-11(2)12(8-13(15)16)5-7-19(17)18/h3,6,10,12-13,16H,2,4-5,7-9H2,1H3,(H,17,18). The van der Waals surface area contributed by atoms with Crippen LogP contribution in [0.1, 0.15) is 26.2 Å². The second kappa shape index (κ2) is 7.77. The van der Waals surface area contributed by atoms with Gasteiger partial charge in [-0.3, -0.25) is 0 Å². The fraction of sp³-hybridized carbons (Fsp3) is 0.692. The van der Waals surface area contributed by atoms with E-state index in [2.05, 4.69) is 6.58 Å². The molecule has 4 nitrogen and oxygen atoms in total. The van der Waals surface area contributed by atoms with Gasteiger partial charge in [-0.05, 0) is 18.8 Å². The van der Waals surface area contributed by atoms with Gasteiger partial charge in [-0.15, -0.1) is 0 Å². The van der Waals surface area contributed by atoms with Crippen LogP contribution in [0, 0.1) is 11.8 Å². The number of allylic oxidation sites excluding steroid dienone is 2. The van der Waals surface area contributed by atoms with Crippen LogP contribution in [0.25, 0.3) is 0 Å². The van der Waals surface area contributed by atoms with Crippen molar-refractivity contribution in [1.82, 2.24) is 4.90 Å². The molecule has 1 saturated heterocycles. The minimum Gasteiger partial charge on any atom is -0.374 e. The second-order valence-electron chi connectivity index (χ2n) is 5.07. The third-order valence-corrected chi connectivity index (χ3v) is 4.06. The van der Waals surface area contributed by atoms with Crippen molar-refractivity contribution in [3.8, 4) is 0 Å². The van der Waals surface area contributed by atoms with E-state index in [-0.39, 0.29) is 17.6 Å². The minimum atomic E-state index is -1.81. The van der Waals surface area contributed by atoms with Crippen molar-refractivity contribution in [3.63, 3.8) is 0 Å². The average molecular weight is 291 g/mol. The summed E-state index contributed by atoms with van der Waals surface area (Å²) in [6.07, 6.45) is 3.10. The topological polar surface area (TPSA) is 60.8 Å². The Morgan fingerprint density at radius 3 is 2.95 bits per heavy atom. The van der Waals surface area contributed by atoms with Gasteiger partial charge in [0.1, 0.15) is 6.23 Å². The van der Waals surface area contributed by atoms with E-state index >= 15 is 0 Å². The van der Waals surface area contributed by atoms with Gasteiger partial charge in [0.15, 0.2) is 11.1 Å². The van der Waals surface area contributed by atoms with Gasteiger partial charge in [0.05, 0.1) is 6.33 Å². The SMILES string of the molecule is C=C1C(CCS(=O)O)CC(O)N1CC(C)CC=CF. The van der Waals surface area contributed by atoms with Gasteiger partial charge in [0.25, 0.3) is 0 Å². The molecule has 6 heteroatoms. The summed E-state index contributed by atoms with van der Waals surface area (Å²) < 4.78 is 31.4. The van der Waals surface area contributed by atoms with Crippen LogP contribution in [-0.4, -0.2) is 37.3 Å². The first kappa shape index (κ1) is 16.3. The highest BCUT2D eigenvalue weighted by atomic mass is 32.2.